The van der Waals surface area contributed by atoms with Crippen molar-refractivity contribution >= 4 is 5.97 Å². The first kappa shape index (κ1) is 14.6. The average molecular weight is 250 g/mol. The van der Waals surface area contributed by atoms with E-state index in [9.17, 15) is 4.79 Å². The van der Waals surface area contributed by atoms with Gasteiger partial charge in [-0.3, -0.25) is 9.88 Å². The molecule has 1 aromatic rings. The second-order valence-electron chi connectivity index (χ2n) is 5.01. The molecule has 0 saturated heterocycles. The van der Waals surface area contributed by atoms with Crippen LogP contribution in [0.5, 0.6) is 0 Å². The van der Waals surface area contributed by atoms with Gasteiger partial charge >= 0.3 is 5.97 Å². The number of carbonyl (C=O) groups excluding carboxylic acids is 1. The summed E-state index contributed by atoms with van der Waals surface area (Å²) < 4.78 is 4.77. The van der Waals surface area contributed by atoms with Crippen molar-refractivity contribution in [2.45, 2.75) is 39.3 Å². The molecule has 18 heavy (non-hydrogen) atoms. The Labute approximate surface area is 109 Å². The van der Waals surface area contributed by atoms with Crippen LogP contribution in [-0.4, -0.2) is 35.5 Å². The summed E-state index contributed by atoms with van der Waals surface area (Å²) in [5.41, 5.74) is 1.37. The summed E-state index contributed by atoms with van der Waals surface area (Å²) in [7, 11) is 3.43. The minimum Gasteiger partial charge on any atom is -0.465 e. The summed E-state index contributed by atoms with van der Waals surface area (Å²) in [6.07, 6.45) is 2.73. The van der Waals surface area contributed by atoms with Crippen LogP contribution in [0.1, 0.15) is 43.2 Å². The van der Waals surface area contributed by atoms with Gasteiger partial charge in [0.2, 0.25) is 0 Å². The van der Waals surface area contributed by atoms with Crippen molar-refractivity contribution in [3.8, 4) is 0 Å². The van der Waals surface area contributed by atoms with Gasteiger partial charge < -0.3 is 4.74 Å². The van der Waals surface area contributed by atoms with Crippen LogP contribution in [0.25, 0.3) is 0 Å². The Morgan fingerprint density at radius 2 is 2.17 bits per heavy atom. The molecule has 0 aliphatic carbocycles. The minimum absolute atomic E-state index is 0.0743. The molecule has 0 aromatic carbocycles. The lowest BCUT2D eigenvalue weighted by atomic mass is 9.99. The summed E-state index contributed by atoms with van der Waals surface area (Å²) in [5, 5.41) is 0. The fraction of sp³-hybridized carbons (Fsp3) is 0.571. The van der Waals surface area contributed by atoms with Gasteiger partial charge in [-0.1, -0.05) is 6.92 Å². The number of rotatable bonds is 5. The number of methoxy groups -OCH3 is 1. The van der Waals surface area contributed by atoms with Crippen LogP contribution >= 0.6 is 0 Å². The highest BCUT2D eigenvalue weighted by atomic mass is 16.5. The van der Waals surface area contributed by atoms with Crippen molar-refractivity contribution in [2.24, 2.45) is 0 Å². The Morgan fingerprint density at radius 1 is 1.50 bits per heavy atom. The zero-order valence-electron chi connectivity index (χ0n) is 11.9. The number of aromatic nitrogens is 1. The molecule has 0 aliphatic rings. The van der Waals surface area contributed by atoms with Gasteiger partial charge in [0.05, 0.1) is 18.4 Å². The van der Waals surface area contributed by atoms with Gasteiger partial charge in [0, 0.05) is 18.3 Å². The number of ether oxygens (including phenoxy) is 1. The SMILES string of the molecule is CCC(C)(C)N(C)Cc1ncccc1C(=O)OC. The van der Waals surface area contributed by atoms with E-state index in [-0.39, 0.29) is 11.5 Å². The molecule has 0 fully saturated rings. The maximum absolute atomic E-state index is 11.7. The van der Waals surface area contributed by atoms with Gasteiger partial charge in [-0.25, -0.2) is 4.79 Å². The molecule has 1 heterocycles. The summed E-state index contributed by atoms with van der Waals surface area (Å²) in [6, 6.07) is 3.50. The molecule has 0 saturated carbocycles. The molecule has 0 aliphatic heterocycles. The van der Waals surface area contributed by atoms with Crippen LogP contribution in [0.3, 0.4) is 0 Å². The summed E-state index contributed by atoms with van der Waals surface area (Å²) in [5.74, 6) is -0.333. The highest BCUT2D eigenvalue weighted by Gasteiger charge is 2.23. The molecule has 0 radical (unpaired) electrons. The zero-order valence-corrected chi connectivity index (χ0v) is 11.9. The summed E-state index contributed by atoms with van der Waals surface area (Å²) >= 11 is 0. The third-order valence-corrected chi connectivity index (χ3v) is 3.58. The van der Waals surface area contributed by atoms with Gasteiger partial charge in [0.1, 0.15) is 0 Å². The predicted molar refractivity (Wildman–Crippen MR) is 71.4 cm³/mol. The number of esters is 1. The van der Waals surface area contributed by atoms with Crippen LogP contribution in [0.4, 0.5) is 0 Å². The second kappa shape index (κ2) is 5.96. The van der Waals surface area contributed by atoms with Crippen molar-refractivity contribution in [3.63, 3.8) is 0 Å². The maximum atomic E-state index is 11.7. The molecule has 0 amide bonds. The van der Waals surface area contributed by atoms with E-state index in [4.69, 9.17) is 4.74 Å². The van der Waals surface area contributed by atoms with E-state index < -0.39 is 0 Å². The fourth-order valence-corrected chi connectivity index (χ4v) is 1.57. The number of carbonyl (C=O) groups is 1. The first-order valence-electron chi connectivity index (χ1n) is 6.15. The first-order chi connectivity index (χ1) is 8.42. The van der Waals surface area contributed by atoms with Crippen LogP contribution in [0, 0.1) is 0 Å². The van der Waals surface area contributed by atoms with E-state index >= 15 is 0 Å². The number of hydrogen-bond acceptors (Lipinski definition) is 4. The monoisotopic (exact) mass is 250 g/mol. The molecular weight excluding hydrogens is 228 g/mol. The van der Waals surface area contributed by atoms with Crippen molar-refractivity contribution in [2.75, 3.05) is 14.2 Å². The molecule has 4 nitrogen and oxygen atoms in total. The smallest absolute Gasteiger partial charge is 0.339 e. The summed E-state index contributed by atoms with van der Waals surface area (Å²) in [6.45, 7) is 7.13. The highest BCUT2D eigenvalue weighted by Crippen LogP contribution is 2.20. The molecular formula is C14H22N2O2. The van der Waals surface area contributed by atoms with Gasteiger partial charge in [-0.05, 0) is 39.4 Å². The third-order valence-electron chi connectivity index (χ3n) is 3.58. The van der Waals surface area contributed by atoms with Crippen LogP contribution < -0.4 is 0 Å². The van der Waals surface area contributed by atoms with Crippen LogP contribution in [0.2, 0.25) is 0 Å². The lowest BCUT2D eigenvalue weighted by molar-refractivity contribution is 0.0595. The van der Waals surface area contributed by atoms with Crippen molar-refractivity contribution < 1.29 is 9.53 Å². The highest BCUT2D eigenvalue weighted by molar-refractivity contribution is 5.90. The Morgan fingerprint density at radius 3 is 2.72 bits per heavy atom. The van der Waals surface area contributed by atoms with Gasteiger partial charge in [-0.2, -0.15) is 0 Å². The minimum atomic E-state index is -0.333. The quantitative estimate of drug-likeness (QED) is 0.753. The first-order valence-corrected chi connectivity index (χ1v) is 6.15. The number of pyridine rings is 1. The Kier molecular flexibility index (Phi) is 4.84. The van der Waals surface area contributed by atoms with Crippen LogP contribution in [0.15, 0.2) is 18.3 Å². The van der Waals surface area contributed by atoms with Gasteiger partial charge in [0.25, 0.3) is 0 Å². The number of hydrogen-bond donors (Lipinski definition) is 0. The Hall–Kier alpha value is -1.42. The van der Waals surface area contributed by atoms with Gasteiger partial charge in [0.15, 0.2) is 0 Å². The molecule has 100 valence electrons. The summed E-state index contributed by atoms with van der Waals surface area (Å²) in [4.78, 5) is 18.1. The van der Waals surface area contributed by atoms with Crippen molar-refractivity contribution in [1.82, 2.24) is 9.88 Å². The Bertz CT molecular complexity index is 416. The molecule has 1 aromatic heterocycles. The zero-order chi connectivity index (χ0) is 13.8. The topological polar surface area (TPSA) is 42.4 Å². The van der Waals surface area contributed by atoms with E-state index in [0.29, 0.717) is 12.1 Å². The van der Waals surface area contributed by atoms with Crippen molar-refractivity contribution in [1.29, 1.82) is 0 Å². The molecule has 0 bridgehead atoms. The normalized spacial score (nSPS) is 11.7. The average Bonchev–Trinajstić information content (AvgIpc) is 2.38. The third kappa shape index (κ3) is 3.29. The molecule has 0 spiro atoms. The van der Waals surface area contributed by atoms with Crippen molar-refractivity contribution in [3.05, 3.63) is 29.6 Å². The molecule has 0 N–H and O–H groups in total. The maximum Gasteiger partial charge on any atom is 0.339 e. The molecule has 4 heteroatoms. The predicted octanol–water partition coefficient (Wildman–Crippen LogP) is 2.49. The van der Waals surface area contributed by atoms with E-state index in [1.807, 2.05) is 7.05 Å². The van der Waals surface area contributed by atoms with E-state index in [1.165, 1.54) is 7.11 Å². The van der Waals surface area contributed by atoms with Crippen LogP contribution in [-0.2, 0) is 11.3 Å². The van der Waals surface area contributed by atoms with Gasteiger partial charge in [-0.15, -0.1) is 0 Å². The second-order valence-corrected chi connectivity index (χ2v) is 5.01. The standard InChI is InChI=1S/C14H22N2O2/c1-6-14(2,3)16(4)10-12-11(13(17)18-5)8-7-9-15-12/h7-9H,6,10H2,1-5H3. The number of nitrogens with zero attached hydrogens (tertiary/aromatic N) is 2. The van der Waals surface area contributed by atoms with E-state index in [1.54, 1.807) is 18.3 Å². The van der Waals surface area contributed by atoms with E-state index in [0.717, 1.165) is 12.1 Å². The fourth-order valence-electron chi connectivity index (χ4n) is 1.57. The molecule has 1 rings (SSSR count). The molecule has 0 unspecified atom stereocenters. The lowest BCUT2D eigenvalue weighted by Gasteiger charge is -2.34. The van der Waals surface area contributed by atoms with E-state index in [2.05, 4.69) is 30.7 Å². The largest absolute Gasteiger partial charge is 0.465 e. The Balaban J connectivity index is 2.94. The lowest BCUT2D eigenvalue weighted by Crippen LogP contribution is -2.40. The molecule has 0 atom stereocenters.